The molecular formula is C33H37ClN4O2. The lowest BCUT2D eigenvalue weighted by atomic mass is 9.91. The Morgan fingerprint density at radius 3 is 2.58 bits per heavy atom. The first-order chi connectivity index (χ1) is 19.3. The van der Waals surface area contributed by atoms with E-state index in [0.29, 0.717) is 40.9 Å². The number of carbonyl (C=O) groups is 2. The highest BCUT2D eigenvalue weighted by Crippen LogP contribution is 2.30. The van der Waals surface area contributed by atoms with Crippen LogP contribution in [0.1, 0.15) is 71.6 Å². The van der Waals surface area contributed by atoms with Crippen molar-refractivity contribution in [1.29, 1.82) is 0 Å². The summed E-state index contributed by atoms with van der Waals surface area (Å²) in [5.41, 5.74) is 6.13. The fourth-order valence-corrected chi connectivity index (χ4v) is 4.83. The van der Waals surface area contributed by atoms with E-state index in [9.17, 15) is 9.59 Å². The zero-order valence-electron chi connectivity index (χ0n) is 23.6. The second kappa shape index (κ2) is 13.4. The van der Waals surface area contributed by atoms with Crippen LogP contribution in [0.4, 0.5) is 0 Å². The van der Waals surface area contributed by atoms with E-state index in [1.807, 2.05) is 65.2 Å². The van der Waals surface area contributed by atoms with Gasteiger partial charge in [0.25, 0.3) is 11.8 Å². The summed E-state index contributed by atoms with van der Waals surface area (Å²) in [4.78, 5) is 31.2. The number of rotatable bonds is 10. The molecule has 6 nitrogen and oxygen atoms in total. The highest BCUT2D eigenvalue weighted by molar-refractivity contribution is 6.18. The molecule has 1 unspecified atom stereocenters. The molecule has 0 fully saturated rings. The quantitative estimate of drug-likeness (QED) is 0.210. The van der Waals surface area contributed by atoms with Crippen LogP contribution in [0.3, 0.4) is 0 Å². The van der Waals surface area contributed by atoms with E-state index in [0.717, 1.165) is 35.1 Å². The molecule has 0 aliphatic heterocycles. The van der Waals surface area contributed by atoms with Gasteiger partial charge in [-0.05, 0) is 59.2 Å². The van der Waals surface area contributed by atoms with E-state index in [1.165, 1.54) is 0 Å². The van der Waals surface area contributed by atoms with Crippen LogP contribution < -0.4 is 10.6 Å². The summed E-state index contributed by atoms with van der Waals surface area (Å²) in [7, 11) is 1.63. The number of alkyl halides is 1. The van der Waals surface area contributed by atoms with Crippen molar-refractivity contribution in [3.05, 3.63) is 102 Å². The molecule has 0 saturated heterocycles. The van der Waals surface area contributed by atoms with Crippen LogP contribution in [0.15, 0.2) is 79.1 Å². The SMILES string of the molecule is CNC(=O)c1c(C2=CCCC=C2)nc2ccc(-c3ccc(C(C)C=CC=CCCl)c(C(=O)NCC(C)C)c3)cn12. The zero-order valence-corrected chi connectivity index (χ0v) is 24.3. The average molecular weight is 557 g/mol. The minimum atomic E-state index is -0.201. The number of benzene rings is 1. The largest absolute Gasteiger partial charge is 0.354 e. The van der Waals surface area contributed by atoms with Gasteiger partial charge in [-0.15, -0.1) is 11.6 Å². The number of nitrogens with one attached hydrogen (secondary N) is 2. The number of pyridine rings is 1. The van der Waals surface area contributed by atoms with E-state index >= 15 is 0 Å². The Balaban J connectivity index is 1.80. The molecule has 0 saturated carbocycles. The maximum atomic E-state index is 13.4. The van der Waals surface area contributed by atoms with Crippen LogP contribution in [0.25, 0.3) is 22.3 Å². The van der Waals surface area contributed by atoms with Crippen molar-refractivity contribution in [3.63, 3.8) is 0 Å². The molecule has 2 N–H and O–H groups in total. The van der Waals surface area contributed by atoms with Crippen molar-refractivity contribution < 1.29 is 9.59 Å². The van der Waals surface area contributed by atoms with Gasteiger partial charge in [-0.25, -0.2) is 4.98 Å². The van der Waals surface area contributed by atoms with Gasteiger partial charge in [0.1, 0.15) is 17.0 Å². The summed E-state index contributed by atoms with van der Waals surface area (Å²) in [6, 6.07) is 9.88. The maximum Gasteiger partial charge on any atom is 0.270 e. The zero-order chi connectivity index (χ0) is 28.6. The Morgan fingerprint density at radius 1 is 1.07 bits per heavy atom. The Kier molecular flexibility index (Phi) is 9.78. The number of aromatic nitrogens is 2. The van der Waals surface area contributed by atoms with Gasteiger partial charge >= 0.3 is 0 Å². The first-order valence-corrected chi connectivity index (χ1v) is 14.3. The molecular weight excluding hydrogens is 520 g/mol. The number of nitrogens with zero attached hydrogens (tertiary/aromatic N) is 2. The number of hydrogen-bond donors (Lipinski definition) is 2. The highest BCUT2D eigenvalue weighted by atomic mass is 35.5. The van der Waals surface area contributed by atoms with Gasteiger partial charge in [-0.1, -0.05) is 75.4 Å². The summed E-state index contributed by atoms with van der Waals surface area (Å²) in [6.07, 6.45) is 17.9. The topological polar surface area (TPSA) is 75.5 Å². The molecule has 208 valence electrons. The molecule has 1 atom stereocenters. The number of carbonyl (C=O) groups excluding carboxylic acids is 2. The monoisotopic (exact) mass is 556 g/mol. The van der Waals surface area contributed by atoms with Crippen molar-refractivity contribution in [3.8, 4) is 11.1 Å². The van der Waals surface area contributed by atoms with Gasteiger partial charge in [0.15, 0.2) is 0 Å². The fourth-order valence-electron chi connectivity index (χ4n) is 4.73. The van der Waals surface area contributed by atoms with Crippen LogP contribution >= 0.6 is 11.6 Å². The number of imidazole rings is 1. The predicted octanol–water partition coefficient (Wildman–Crippen LogP) is 6.93. The van der Waals surface area contributed by atoms with Crippen molar-refractivity contribution in [1.82, 2.24) is 20.0 Å². The number of halogens is 1. The Labute approximate surface area is 241 Å². The molecule has 0 spiro atoms. The van der Waals surface area contributed by atoms with E-state index in [2.05, 4.69) is 49.6 Å². The molecule has 1 aromatic carbocycles. The Bertz CT molecular complexity index is 1510. The predicted molar refractivity (Wildman–Crippen MR) is 165 cm³/mol. The fraction of sp³-hybridized carbons (Fsp3) is 0.303. The van der Waals surface area contributed by atoms with Crippen molar-refractivity contribution in [2.24, 2.45) is 5.92 Å². The van der Waals surface area contributed by atoms with E-state index < -0.39 is 0 Å². The molecule has 0 radical (unpaired) electrons. The molecule has 2 amide bonds. The van der Waals surface area contributed by atoms with Gasteiger partial charge in [-0.2, -0.15) is 0 Å². The molecule has 4 rings (SSSR count). The van der Waals surface area contributed by atoms with E-state index in [-0.39, 0.29) is 17.7 Å². The summed E-state index contributed by atoms with van der Waals surface area (Å²) in [5, 5.41) is 5.84. The number of amides is 2. The Hall–Kier alpha value is -3.90. The van der Waals surface area contributed by atoms with Gasteiger partial charge in [0.05, 0.1) is 0 Å². The second-order valence-electron chi connectivity index (χ2n) is 10.3. The standard InChI is InChI=1S/C33H37ClN4O2/c1-22(2)20-36-32(39)28-19-25(14-16-27(28)23(3)11-7-6-10-18-34)26-15-17-29-37-30(24-12-8-5-9-13-24)31(33(40)35-4)38(29)21-26/h6-8,10-17,19,21-23H,5,9,18,20H2,1-4H3,(H,35,40)(H,36,39). The molecule has 2 aromatic heterocycles. The summed E-state index contributed by atoms with van der Waals surface area (Å²) in [6.45, 7) is 6.81. The summed E-state index contributed by atoms with van der Waals surface area (Å²) >= 11 is 5.74. The molecule has 7 heteroatoms. The van der Waals surface area contributed by atoms with Crippen LogP contribution in [-0.4, -0.2) is 40.7 Å². The van der Waals surface area contributed by atoms with Gasteiger partial charge < -0.3 is 10.6 Å². The Morgan fingerprint density at radius 2 is 1.88 bits per heavy atom. The van der Waals surface area contributed by atoms with E-state index in [1.54, 1.807) is 7.05 Å². The molecule has 40 heavy (non-hydrogen) atoms. The minimum absolute atomic E-state index is 0.0178. The van der Waals surface area contributed by atoms with Crippen molar-refractivity contribution in [2.75, 3.05) is 19.5 Å². The minimum Gasteiger partial charge on any atom is -0.354 e. The third-order valence-electron chi connectivity index (χ3n) is 6.86. The first kappa shape index (κ1) is 29.1. The van der Waals surface area contributed by atoms with Gasteiger partial charge in [0.2, 0.25) is 0 Å². The number of fused-ring (bicyclic) bond motifs is 1. The normalized spacial score (nSPS) is 14.3. The third-order valence-corrected chi connectivity index (χ3v) is 7.04. The lowest BCUT2D eigenvalue weighted by Crippen LogP contribution is -2.28. The highest BCUT2D eigenvalue weighted by Gasteiger charge is 2.22. The third kappa shape index (κ3) is 6.62. The smallest absolute Gasteiger partial charge is 0.270 e. The molecule has 2 heterocycles. The van der Waals surface area contributed by atoms with E-state index in [4.69, 9.17) is 16.6 Å². The molecule has 0 bridgehead atoms. The lowest BCUT2D eigenvalue weighted by molar-refractivity contribution is 0.0943. The molecule has 1 aliphatic rings. The maximum absolute atomic E-state index is 13.4. The van der Waals surface area contributed by atoms with Crippen LogP contribution in [0.2, 0.25) is 0 Å². The lowest BCUT2D eigenvalue weighted by Gasteiger charge is -2.16. The van der Waals surface area contributed by atoms with Crippen LogP contribution in [0, 0.1) is 5.92 Å². The summed E-state index contributed by atoms with van der Waals surface area (Å²) < 4.78 is 1.84. The van der Waals surface area contributed by atoms with Crippen molar-refractivity contribution in [2.45, 2.75) is 39.5 Å². The average Bonchev–Trinajstić information content (AvgIpc) is 3.36. The van der Waals surface area contributed by atoms with Crippen molar-refractivity contribution >= 4 is 34.6 Å². The molecule has 1 aliphatic carbocycles. The summed E-state index contributed by atoms with van der Waals surface area (Å²) in [5.74, 6) is 0.505. The van der Waals surface area contributed by atoms with Crippen LogP contribution in [0.5, 0.6) is 0 Å². The van der Waals surface area contributed by atoms with Gasteiger partial charge in [0, 0.05) is 37.2 Å². The van der Waals surface area contributed by atoms with Crippen LogP contribution in [-0.2, 0) is 0 Å². The second-order valence-corrected chi connectivity index (χ2v) is 10.6. The molecule has 3 aromatic rings. The number of hydrogen-bond acceptors (Lipinski definition) is 3. The first-order valence-electron chi connectivity index (χ1n) is 13.8. The number of allylic oxidation sites excluding steroid dienone is 8. The van der Waals surface area contributed by atoms with Gasteiger partial charge in [-0.3, -0.25) is 14.0 Å².